The van der Waals surface area contributed by atoms with E-state index in [2.05, 4.69) is 57.1 Å². The fourth-order valence-corrected chi connectivity index (χ4v) is 4.59. The van der Waals surface area contributed by atoms with E-state index < -0.39 is 0 Å². The standard InChI is InChI=1S/C24H30N6O2/c1-14(2)18-10-16(11-21-28-19-5-6-22(32-4)30-23(19)29-21)15(3)9-17(18)12-27-24(31)20-13-25-7-8-26-20/h5-9,13-14,16-18H,10-12H2,1-4H3,(H,27,31)(H,28,29,30)/t16-,17-,18-/m0/s1. The fraction of sp³-hybridized carbons (Fsp3) is 0.458. The summed E-state index contributed by atoms with van der Waals surface area (Å²) in [6.45, 7) is 7.29. The van der Waals surface area contributed by atoms with Crippen molar-refractivity contribution in [3.05, 3.63) is 53.9 Å². The Labute approximate surface area is 187 Å². The van der Waals surface area contributed by atoms with Crippen molar-refractivity contribution in [1.29, 1.82) is 0 Å². The van der Waals surface area contributed by atoms with Gasteiger partial charge in [-0.2, -0.15) is 4.98 Å². The number of ether oxygens (including phenoxy) is 1. The Morgan fingerprint density at radius 3 is 2.84 bits per heavy atom. The Morgan fingerprint density at radius 2 is 2.12 bits per heavy atom. The number of nitrogens with zero attached hydrogens (tertiary/aromatic N) is 4. The lowest BCUT2D eigenvalue weighted by Crippen LogP contribution is -2.37. The van der Waals surface area contributed by atoms with Crippen molar-refractivity contribution in [2.45, 2.75) is 33.6 Å². The highest BCUT2D eigenvalue weighted by atomic mass is 16.5. The molecule has 0 spiro atoms. The van der Waals surface area contributed by atoms with Gasteiger partial charge in [0.2, 0.25) is 5.88 Å². The minimum Gasteiger partial charge on any atom is -0.481 e. The molecule has 2 N–H and O–H groups in total. The summed E-state index contributed by atoms with van der Waals surface area (Å²) in [5.41, 5.74) is 3.29. The van der Waals surface area contributed by atoms with Crippen molar-refractivity contribution in [1.82, 2.24) is 30.2 Å². The van der Waals surface area contributed by atoms with Gasteiger partial charge in [0.05, 0.1) is 18.8 Å². The van der Waals surface area contributed by atoms with E-state index in [1.807, 2.05) is 12.1 Å². The molecule has 8 heteroatoms. The third kappa shape index (κ3) is 4.79. The number of pyridine rings is 1. The molecule has 1 amide bonds. The summed E-state index contributed by atoms with van der Waals surface area (Å²) in [4.78, 5) is 33.0. The lowest BCUT2D eigenvalue weighted by molar-refractivity contribution is 0.0933. The molecule has 0 bridgehead atoms. The predicted octanol–water partition coefficient (Wildman–Crippen LogP) is 3.58. The van der Waals surface area contributed by atoms with Crippen LogP contribution in [0.5, 0.6) is 5.88 Å². The van der Waals surface area contributed by atoms with Gasteiger partial charge in [0.25, 0.3) is 5.91 Å². The number of hydrogen-bond donors (Lipinski definition) is 2. The number of H-pyrrole nitrogens is 1. The zero-order valence-electron chi connectivity index (χ0n) is 19.0. The van der Waals surface area contributed by atoms with Crippen LogP contribution in [0.1, 0.15) is 43.5 Å². The van der Waals surface area contributed by atoms with E-state index in [1.165, 1.54) is 18.0 Å². The van der Waals surface area contributed by atoms with Crippen molar-refractivity contribution in [2.75, 3.05) is 13.7 Å². The molecule has 0 fully saturated rings. The van der Waals surface area contributed by atoms with Crippen LogP contribution in [0, 0.1) is 23.7 Å². The summed E-state index contributed by atoms with van der Waals surface area (Å²) in [5.74, 6) is 2.98. The van der Waals surface area contributed by atoms with E-state index in [0.717, 1.165) is 24.2 Å². The zero-order valence-corrected chi connectivity index (χ0v) is 19.0. The van der Waals surface area contributed by atoms with E-state index in [1.54, 1.807) is 13.3 Å². The Hall–Kier alpha value is -3.29. The van der Waals surface area contributed by atoms with Crippen molar-refractivity contribution < 1.29 is 9.53 Å². The van der Waals surface area contributed by atoms with Crippen LogP contribution in [-0.2, 0) is 6.42 Å². The van der Waals surface area contributed by atoms with Crippen LogP contribution in [0.25, 0.3) is 11.2 Å². The highest BCUT2D eigenvalue weighted by Gasteiger charge is 2.32. The van der Waals surface area contributed by atoms with Crippen molar-refractivity contribution in [3.63, 3.8) is 0 Å². The SMILES string of the molecule is COc1ccc2[nH]c(C[C@@H]3C[C@@H](C(C)C)[C@H](CNC(=O)c4cnccn4)C=C3C)nc2n1. The monoisotopic (exact) mass is 434 g/mol. The minimum atomic E-state index is -0.181. The van der Waals surface area contributed by atoms with Gasteiger partial charge >= 0.3 is 0 Å². The maximum Gasteiger partial charge on any atom is 0.271 e. The number of aromatic amines is 1. The first-order chi connectivity index (χ1) is 15.4. The lowest BCUT2D eigenvalue weighted by Gasteiger charge is -2.37. The molecule has 3 atom stereocenters. The molecule has 0 saturated heterocycles. The zero-order chi connectivity index (χ0) is 22.7. The van der Waals surface area contributed by atoms with Crippen LogP contribution >= 0.6 is 0 Å². The first-order valence-electron chi connectivity index (χ1n) is 11.1. The molecule has 168 valence electrons. The summed E-state index contributed by atoms with van der Waals surface area (Å²) >= 11 is 0. The van der Waals surface area contributed by atoms with E-state index in [-0.39, 0.29) is 11.8 Å². The average Bonchev–Trinajstić information content (AvgIpc) is 3.20. The van der Waals surface area contributed by atoms with Gasteiger partial charge in [-0.05, 0) is 43.1 Å². The van der Waals surface area contributed by atoms with Gasteiger partial charge in [0, 0.05) is 31.4 Å². The Balaban J connectivity index is 1.46. The van der Waals surface area contributed by atoms with Crippen molar-refractivity contribution >= 4 is 17.1 Å². The average molecular weight is 435 g/mol. The van der Waals surface area contributed by atoms with Gasteiger partial charge in [-0.15, -0.1) is 0 Å². The largest absolute Gasteiger partial charge is 0.481 e. The maximum absolute atomic E-state index is 12.4. The van der Waals surface area contributed by atoms with Gasteiger partial charge < -0.3 is 15.0 Å². The van der Waals surface area contributed by atoms with Crippen LogP contribution in [0.15, 0.2) is 42.4 Å². The summed E-state index contributed by atoms with van der Waals surface area (Å²) in [5, 5.41) is 3.04. The second-order valence-electron chi connectivity index (χ2n) is 8.83. The molecule has 8 nitrogen and oxygen atoms in total. The predicted molar refractivity (Wildman–Crippen MR) is 122 cm³/mol. The van der Waals surface area contributed by atoms with Gasteiger partial charge in [-0.25, -0.2) is 9.97 Å². The topological polar surface area (TPSA) is 106 Å². The molecular weight excluding hydrogens is 404 g/mol. The summed E-state index contributed by atoms with van der Waals surface area (Å²) < 4.78 is 5.21. The molecule has 3 heterocycles. The van der Waals surface area contributed by atoms with E-state index >= 15 is 0 Å². The first-order valence-corrected chi connectivity index (χ1v) is 11.1. The molecule has 3 aromatic heterocycles. The molecular formula is C24H30N6O2. The quantitative estimate of drug-likeness (QED) is 0.551. The summed E-state index contributed by atoms with van der Waals surface area (Å²) in [6, 6.07) is 3.79. The Bertz CT molecular complexity index is 1110. The Morgan fingerprint density at radius 1 is 1.28 bits per heavy atom. The van der Waals surface area contributed by atoms with E-state index in [4.69, 9.17) is 4.74 Å². The lowest BCUT2D eigenvalue weighted by atomic mass is 9.70. The van der Waals surface area contributed by atoms with Crippen LogP contribution in [0.3, 0.4) is 0 Å². The summed E-state index contributed by atoms with van der Waals surface area (Å²) in [6.07, 6.45) is 8.81. The van der Waals surface area contributed by atoms with Gasteiger partial charge in [0.1, 0.15) is 11.5 Å². The van der Waals surface area contributed by atoms with Crippen molar-refractivity contribution in [2.24, 2.45) is 23.7 Å². The number of fused-ring (bicyclic) bond motifs is 1. The molecule has 0 aromatic carbocycles. The molecule has 1 aliphatic rings. The molecule has 32 heavy (non-hydrogen) atoms. The van der Waals surface area contributed by atoms with Crippen molar-refractivity contribution in [3.8, 4) is 5.88 Å². The third-order valence-corrected chi connectivity index (χ3v) is 6.40. The number of carbonyl (C=O) groups is 1. The molecule has 0 radical (unpaired) electrons. The molecule has 3 aromatic rings. The van der Waals surface area contributed by atoms with Gasteiger partial charge in [-0.3, -0.25) is 9.78 Å². The number of carbonyl (C=O) groups excluding carboxylic acids is 1. The minimum absolute atomic E-state index is 0.181. The highest BCUT2D eigenvalue weighted by molar-refractivity contribution is 5.91. The summed E-state index contributed by atoms with van der Waals surface area (Å²) in [7, 11) is 1.61. The number of amides is 1. The van der Waals surface area contributed by atoms with Crippen LogP contribution in [0.2, 0.25) is 0 Å². The number of allylic oxidation sites excluding steroid dienone is 1. The molecule has 0 saturated carbocycles. The highest BCUT2D eigenvalue weighted by Crippen LogP contribution is 2.38. The van der Waals surface area contributed by atoms with Crippen LogP contribution in [0.4, 0.5) is 0 Å². The molecule has 0 unspecified atom stereocenters. The number of rotatable bonds is 7. The molecule has 4 rings (SSSR count). The first kappa shape index (κ1) is 21.9. The van der Waals surface area contributed by atoms with Gasteiger partial charge in [0.15, 0.2) is 5.65 Å². The number of methoxy groups -OCH3 is 1. The Kier molecular flexibility index (Phi) is 6.48. The maximum atomic E-state index is 12.4. The number of hydrogen-bond acceptors (Lipinski definition) is 6. The third-order valence-electron chi connectivity index (χ3n) is 6.40. The molecule has 1 aliphatic carbocycles. The smallest absolute Gasteiger partial charge is 0.271 e. The fourth-order valence-electron chi connectivity index (χ4n) is 4.59. The van der Waals surface area contributed by atoms with Crippen LogP contribution in [-0.4, -0.2) is 44.5 Å². The van der Waals surface area contributed by atoms with E-state index in [0.29, 0.717) is 41.5 Å². The van der Waals surface area contributed by atoms with E-state index in [9.17, 15) is 4.79 Å². The number of aromatic nitrogens is 5. The van der Waals surface area contributed by atoms with Crippen LogP contribution < -0.4 is 10.1 Å². The molecule has 0 aliphatic heterocycles. The number of imidazole rings is 1. The number of nitrogens with one attached hydrogen (secondary N) is 2. The van der Waals surface area contributed by atoms with Gasteiger partial charge in [-0.1, -0.05) is 25.5 Å². The normalized spacial score (nSPS) is 20.9. The second-order valence-corrected chi connectivity index (χ2v) is 8.83. The second kappa shape index (κ2) is 9.46.